The second-order valence-electron chi connectivity index (χ2n) is 6.39. The molecular weight excluding hydrogens is 334 g/mol. The molecule has 0 saturated carbocycles. The summed E-state index contributed by atoms with van der Waals surface area (Å²) in [6.07, 6.45) is 0.855. The maximum atomic E-state index is 4.39. The molecule has 2 aromatic carbocycles. The van der Waals surface area contributed by atoms with Crippen molar-refractivity contribution in [3.8, 4) is 0 Å². The van der Waals surface area contributed by atoms with E-state index in [0.717, 1.165) is 6.42 Å². The van der Waals surface area contributed by atoms with Gasteiger partial charge in [-0.05, 0) is 38.6 Å². The molecular formula is C19H24ClN5. The largest absolute Gasteiger partial charge is 0.307 e. The number of nitrogens with zero attached hydrogens (tertiary/aromatic N) is 4. The Bertz CT molecular complexity index is 705. The van der Waals surface area contributed by atoms with E-state index in [0.29, 0.717) is 11.9 Å². The molecule has 0 saturated heterocycles. The Labute approximate surface area is 154 Å². The standard InChI is InChI=1S/C19H23N5.ClH/c1-15(24(2)3)14-19(18-20-22-23-21-18,16-10-6-4-7-11-16)17-12-8-5-9-13-17;/h4-13,15H,14H2,1-3H3,(H,20,21,22,23);1H. The van der Waals surface area contributed by atoms with Crippen LogP contribution in [0.25, 0.3) is 0 Å². The molecule has 1 atom stereocenters. The van der Waals surface area contributed by atoms with E-state index in [4.69, 9.17) is 0 Å². The van der Waals surface area contributed by atoms with Crippen molar-refractivity contribution in [2.24, 2.45) is 0 Å². The highest BCUT2D eigenvalue weighted by molar-refractivity contribution is 5.85. The van der Waals surface area contributed by atoms with Gasteiger partial charge in [-0.15, -0.1) is 22.6 Å². The second kappa shape index (κ2) is 8.23. The lowest BCUT2D eigenvalue weighted by Gasteiger charge is -2.36. The molecule has 0 radical (unpaired) electrons. The Balaban J connectivity index is 0.00000225. The third-order valence-electron chi connectivity index (χ3n) is 4.74. The first-order valence-corrected chi connectivity index (χ1v) is 8.16. The third-order valence-corrected chi connectivity index (χ3v) is 4.74. The van der Waals surface area contributed by atoms with Gasteiger partial charge in [0, 0.05) is 6.04 Å². The molecule has 0 spiro atoms. The number of hydrogen-bond acceptors (Lipinski definition) is 4. The predicted molar refractivity (Wildman–Crippen MR) is 102 cm³/mol. The lowest BCUT2D eigenvalue weighted by atomic mass is 9.69. The predicted octanol–water partition coefficient (Wildman–Crippen LogP) is 3.30. The number of rotatable bonds is 6. The average molecular weight is 358 g/mol. The van der Waals surface area contributed by atoms with Gasteiger partial charge in [0.05, 0.1) is 5.41 Å². The van der Waals surface area contributed by atoms with Gasteiger partial charge in [-0.3, -0.25) is 0 Å². The summed E-state index contributed by atoms with van der Waals surface area (Å²) in [5.74, 6) is 0.702. The summed E-state index contributed by atoms with van der Waals surface area (Å²) in [4.78, 5) is 2.22. The van der Waals surface area contributed by atoms with Crippen LogP contribution in [0.2, 0.25) is 0 Å². The summed E-state index contributed by atoms with van der Waals surface area (Å²) in [6.45, 7) is 2.22. The van der Waals surface area contributed by atoms with E-state index in [9.17, 15) is 0 Å². The molecule has 132 valence electrons. The second-order valence-corrected chi connectivity index (χ2v) is 6.39. The van der Waals surface area contributed by atoms with Crippen molar-refractivity contribution < 1.29 is 0 Å². The van der Waals surface area contributed by atoms with Gasteiger partial charge < -0.3 is 4.90 Å². The minimum Gasteiger partial charge on any atom is -0.307 e. The van der Waals surface area contributed by atoms with E-state index in [2.05, 4.69) is 95.1 Å². The maximum absolute atomic E-state index is 4.39. The number of aromatic amines is 1. The van der Waals surface area contributed by atoms with Crippen LogP contribution in [0.15, 0.2) is 60.7 Å². The molecule has 3 aromatic rings. The molecule has 1 heterocycles. The maximum Gasteiger partial charge on any atom is 0.189 e. The van der Waals surface area contributed by atoms with Crippen LogP contribution in [0.4, 0.5) is 0 Å². The zero-order chi connectivity index (χ0) is 17.0. The van der Waals surface area contributed by atoms with Crippen LogP contribution in [0.1, 0.15) is 30.3 Å². The van der Waals surface area contributed by atoms with Crippen molar-refractivity contribution in [1.29, 1.82) is 0 Å². The minimum absolute atomic E-state index is 0. The smallest absolute Gasteiger partial charge is 0.189 e. The number of tetrazole rings is 1. The quantitative estimate of drug-likeness (QED) is 0.735. The molecule has 3 rings (SSSR count). The van der Waals surface area contributed by atoms with Crippen LogP contribution in [-0.4, -0.2) is 45.7 Å². The van der Waals surface area contributed by atoms with Gasteiger partial charge in [0.25, 0.3) is 0 Å². The molecule has 0 aliphatic rings. The fraction of sp³-hybridized carbons (Fsp3) is 0.316. The van der Waals surface area contributed by atoms with E-state index in [1.165, 1.54) is 11.1 Å². The van der Waals surface area contributed by atoms with Crippen molar-refractivity contribution in [2.75, 3.05) is 14.1 Å². The van der Waals surface area contributed by atoms with E-state index < -0.39 is 5.41 Å². The molecule has 0 amide bonds. The van der Waals surface area contributed by atoms with Crippen LogP contribution < -0.4 is 0 Å². The Morgan fingerprint density at radius 1 is 0.960 bits per heavy atom. The fourth-order valence-electron chi connectivity index (χ4n) is 3.17. The van der Waals surface area contributed by atoms with Crippen molar-refractivity contribution in [1.82, 2.24) is 25.5 Å². The summed E-state index contributed by atoms with van der Waals surface area (Å²) < 4.78 is 0. The number of nitrogens with one attached hydrogen (secondary N) is 1. The summed E-state index contributed by atoms with van der Waals surface area (Å²) in [6, 6.07) is 21.2. The third kappa shape index (κ3) is 3.72. The van der Waals surface area contributed by atoms with Gasteiger partial charge in [-0.25, -0.2) is 0 Å². The van der Waals surface area contributed by atoms with Gasteiger partial charge in [0.2, 0.25) is 0 Å². The molecule has 0 fully saturated rings. The highest BCUT2D eigenvalue weighted by Gasteiger charge is 2.41. The normalized spacial score (nSPS) is 12.6. The highest BCUT2D eigenvalue weighted by atomic mass is 35.5. The fourth-order valence-corrected chi connectivity index (χ4v) is 3.17. The Morgan fingerprint density at radius 3 is 1.88 bits per heavy atom. The first-order chi connectivity index (χ1) is 11.6. The zero-order valence-electron chi connectivity index (χ0n) is 14.8. The van der Waals surface area contributed by atoms with Gasteiger partial charge in [-0.1, -0.05) is 65.9 Å². The van der Waals surface area contributed by atoms with Crippen molar-refractivity contribution in [3.63, 3.8) is 0 Å². The first kappa shape index (κ1) is 19.1. The molecule has 5 nitrogen and oxygen atoms in total. The first-order valence-electron chi connectivity index (χ1n) is 8.16. The van der Waals surface area contributed by atoms with E-state index in [1.54, 1.807) is 0 Å². The topological polar surface area (TPSA) is 57.7 Å². The number of benzene rings is 2. The lowest BCUT2D eigenvalue weighted by Crippen LogP contribution is -2.39. The van der Waals surface area contributed by atoms with Gasteiger partial charge in [0.15, 0.2) is 5.82 Å². The van der Waals surface area contributed by atoms with E-state index >= 15 is 0 Å². The Hall–Kier alpha value is -2.24. The SMILES string of the molecule is CC(CC(c1ccccc1)(c1ccccc1)c1nn[nH]n1)N(C)C.Cl. The summed E-state index contributed by atoms with van der Waals surface area (Å²) in [7, 11) is 4.20. The van der Waals surface area contributed by atoms with Crippen LogP contribution in [-0.2, 0) is 5.41 Å². The molecule has 1 unspecified atom stereocenters. The van der Waals surface area contributed by atoms with Gasteiger partial charge in [0.1, 0.15) is 0 Å². The number of H-pyrrole nitrogens is 1. The molecule has 0 aliphatic heterocycles. The number of hydrogen-bond donors (Lipinski definition) is 1. The Morgan fingerprint density at radius 2 is 1.48 bits per heavy atom. The van der Waals surface area contributed by atoms with Crippen molar-refractivity contribution in [2.45, 2.75) is 24.8 Å². The molecule has 1 N–H and O–H groups in total. The molecule has 0 bridgehead atoms. The van der Waals surface area contributed by atoms with Gasteiger partial charge >= 0.3 is 0 Å². The van der Waals surface area contributed by atoms with Gasteiger partial charge in [-0.2, -0.15) is 5.21 Å². The summed E-state index contributed by atoms with van der Waals surface area (Å²) in [5, 5.41) is 15.3. The van der Waals surface area contributed by atoms with Crippen LogP contribution >= 0.6 is 12.4 Å². The molecule has 25 heavy (non-hydrogen) atoms. The number of aromatic nitrogens is 4. The van der Waals surface area contributed by atoms with Crippen LogP contribution in [0.3, 0.4) is 0 Å². The molecule has 1 aromatic heterocycles. The Kier molecular flexibility index (Phi) is 6.28. The summed E-state index contributed by atoms with van der Waals surface area (Å²) >= 11 is 0. The van der Waals surface area contributed by atoms with Crippen molar-refractivity contribution >= 4 is 12.4 Å². The van der Waals surface area contributed by atoms with Crippen molar-refractivity contribution in [3.05, 3.63) is 77.6 Å². The average Bonchev–Trinajstić information content (AvgIpc) is 3.16. The number of halogens is 1. The lowest BCUT2D eigenvalue weighted by molar-refractivity contribution is 0.267. The minimum atomic E-state index is -0.445. The molecule has 0 aliphatic carbocycles. The zero-order valence-corrected chi connectivity index (χ0v) is 15.6. The molecule has 6 heteroatoms. The van der Waals surface area contributed by atoms with Crippen LogP contribution in [0.5, 0.6) is 0 Å². The monoisotopic (exact) mass is 357 g/mol. The summed E-state index contributed by atoms with van der Waals surface area (Å²) in [5.41, 5.74) is 1.90. The highest BCUT2D eigenvalue weighted by Crippen LogP contribution is 2.41. The van der Waals surface area contributed by atoms with E-state index in [-0.39, 0.29) is 12.4 Å². The van der Waals surface area contributed by atoms with Crippen LogP contribution in [0, 0.1) is 0 Å². The van der Waals surface area contributed by atoms with E-state index in [1.807, 2.05) is 12.1 Å².